The third kappa shape index (κ3) is 2.81. The van der Waals surface area contributed by atoms with E-state index in [2.05, 4.69) is 20.4 Å². The first-order valence-corrected chi connectivity index (χ1v) is 6.89. The molecule has 6 heteroatoms. The van der Waals surface area contributed by atoms with E-state index in [1.807, 2.05) is 26.2 Å². The Kier molecular flexibility index (Phi) is 3.58. The standard InChI is InChI=1S/C16H16FN5/c1-10-4-5-12(6-14(10)17)15-11(2)7-18-16(21-15)20-13-8-19-22(3)9-13/h4-9H,1-3H3,(H,18,20,21). The number of hydrogen-bond donors (Lipinski definition) is 1. The van der Waals surface area contributed by atoms with Crippen molar-refractivity contribution < 1.29 is 4.39 Å². The van der Waals surface area contributed by atoms with Crippen LogP contribution in [0.3, 0.4) is 0 Å². The van der Waals surface area contributed by atoms with Crippen molar-refractivity contribution in [2.75, 3.05) is 5.32 Å². The average Bonchev–Trinajstić information content (AvgIpc) is 2.89. The molecule has 0 saturated carbocycles. The summed E-state index contributed by atoms with van der Waals surface area (Å²) in [4.78, 5) is 8.75. The van der Waals surface area contributed by atoms with Gasteiger partial charge in [-0.15, -0.1) is 0 Å². The quantitative estimate of drug-likeness (QED) is 0.805. The van der Waals surface area contributed by atoms with E-state index in [-0.39, 0.29) is 5.82 Å². The maximum Gasteiger partial charge on any atom is 0.227 e. The Labute approximate surface area is 127 Å². The van der Waals surface area contributed by atoms with E-state index in [9.17, 15) is 4.39 Å². The van der Waals surface area contributed by atoms with Crippen LogP contribution >= 0.6 is 0 Å². The minimum atomic E-state index is -0.239. The van der Waals surface area contributed by atoms with Crippen molar-refractivity contribution in [3.05, 3.63) is 53.7 Å². The fourth-order valence-electron chi connectivity index (χ4n) is 2.15. The van der Waals surface area contributed by atoms with Crippen LogP contribution in [0.2, 0.25) is 0 Å². The first-order chi connectivity index (χ1) is 10.5. The minimum Gasteiger partial charge on any atom is -0.321 e. The van der Waals surface area contributed by atoms with E-state index in [0.717, 1.165) is 16.8 Å². The third-order valence-corrected chi connectivity index (χ3v) is 3.38. The van der Waals surface area contributed by atoms with Gasteiger partial charge in [-0.25, -0.2) is 14.4 Å². The highest BCUT2D eigenvalue weighted by molar-refractivity contribution is 5.65. The number of halogens is 1. The molecular weight excluding hydrogens is 281 g/mol. The molecule has 0 aliphatic carbocycles. The van der Waals surface area contributed by atoms with Gasteiger partial charge in [-0.2, -0.15) is 5.10 Å². The average molecular weight is 297 g/mol. The molecule has 1 N–H and O–H groups in total. The van der Waals surface area contributed by atoms with Crippen LogP contribution in [-0.2, 0) is 7.05 Å². The van der Waals surface area contributed by atoms with Crippen LogP contribution in [0, 0.1) is 19.7 Å². The molecule has 0 radical (unpaired) electrons. The van der Waals surface area contributed by atoms with Gasteiger partial charge < -0.3 is 5.32 Å². The van der Waals surface area contributed by atoms with Crippen LogP contribution in [0.15, 0.2) is 36.8 Å². The molecule has 2 heterocycles. The van der Waals surface area contributed by atoms with Crippen molar-refractivity contribution in [3.8, 4) is 11.3 Å². The van der Waals surface area contributed by atoms with E-state index in [4.69, 9.17) is 0 Å². The predicted octanol–water partition coefficient (Wildman–Crippen LogP) is 3.38. The summed E-state index contributed by atoms with van der Waals surface area (Å²) < 4.78 is 15.5. The molecule has 22 heavy (non-hydrogen) atoms. The van der Waals surface area contributed by atoms with Gasteiger partial charge in [0.25, 0.3) is 0 Å². The summed E-state index contributed by atoms with van der Waals surface area (Å²) in [7, 11) is 1.84. The van der Waals surface area contributed by atoms with Gasteiger partial charge in [-0.1, -0.05) is 12.1 Å². The van der Waals surface area contributed by atoms with Crippen LogP contribution in [0.25, 0.3) is 11.3 Å². The molecule has 3 rings (SSSR count). The van der Waals surface area contributed by atoms with Gasteiger partial charge >= 0.3 is 0 Å². The van der Waals surface area contributed by atoms with Crippen molar-refractivity contribution in [3.63, 3.8) is 0 Å². The summed E-state index contributed by atoms with van der Waals surface area (Å²) in [6.45, 7) is 3.64. The summed E-state index contributed by atoms with van der Waals surface area (Å²) in [6, 6.07) is 5.11. The Morgan fingerprint density at radius 2 is 1.95 bits per heavy atom. The molecule has 0 unspecified atom stereocenters. The number of benzene rings is 1. The first kappa shape index (κ1) is 14.2. The van der Waals surface area contributed by atoms with E-state index in [0.29, 0.717) is 17.2 Å². The van der Waals surface area contributed by atoms with Crippen molar-refractivity contribution in [1.82, 2.24) is 19.7 Å². The van der Waals surface area contributed by atoms with Crippen molar-refractivity contribution in [2.24, 2.45) is 7.05 Å². The van der Waals surface area contributed by atoms with E-state index in [1.165, 1.54) is 6.07 Å². The number of rotatable bonds is 3. The molecule has 2 aromatic heterocycles. The molecule has 3 aromatic rings. The molecule has 0 spiro atoms. The highest BCUT2D eigenvalue weighted by Gasteiger charge is 2.09. The lowest BCUT2D eigenvalue weighted by Crippen LogP contribution is -2.00. The fraction of sp³-hybridized carbons (Fsp3) is 0.188. The number of nitrogens with zero attached hydrogens (tertiary/aromatic N) is 4. The first-order valence-electron chi connectivity index (χ1n) is 6.89. The van der Waals surface area contributed by atoms with Crippen molar-refractivity contribution in [1.29, 1.82) is 0 Å². The zero-order chi connectivity index (χ0) is 15.7. The normalized spacial score (nSPS) is 10.7. The molecule has 5 nitrogen and oxygen atoms in total. The van der Waals surface area contributed by atoms with Gasteiger partial charge in [0.15, 0.2) is 0 Å². The molecule has 0 aliphatic heterocycles. The van der Waals surface area contributed by atoms with Gasteiger partial charge in [0.1, 0.15) is 5.82 Å². The van der Waals surface area contributed by atoms with Crippen molar-refractivity contribution in [2.45, 2.75) is 13.8 Å². The SMILES string of the molecule is Cc1ccc(-c2nc(Nc3cnn(C)c3)ncc2C)cc1F. The van der Waals surface area contributed by atoms with Gasteiger partial charge in [0, 0.05) is 25.0 Å². The summed E-state index contributed by atoms with van der Waals surface area (Å²) in [5.74, 6) is 0.215. The molecule has 1 aromatic carbocycles. The second kappa shape index (κ2) is 5.55. The summed E-state index contributed by atoms with van der Waals surface area (Å²) >= 11 is 0. The molecule has 0 saturated heterocycles. The zero-order valence-electron chi connectivity index (χ0n) is 12.6. The van der Waals surface area contributed by atoms with Gasteiger partial charge in [0.2, 0.25) is 5.95 Å². The maximum atomic E-state index is 13.8. The molecular formula is C16H16FN5. The minimum absolute atomic E-state index is 0.239. The van der Waals surface area contributed by atoms with Gasteiger partial charge in [0.05, 0.1) is 17.6 Å². The molecule has 112 valence electrons. The predicted molar refractivity (Wildman–Crippen MR) is 83.4 cm³/mol. The zero-order valence-corrected chi connectivity index (χ0v) is 12.6. The van der Waals surface area contributed by atoms with E-state index in [1.54, 1.807) is 30.1 Å². The van der Waals surface area contributed by atoms with Crippen LogP contribution in [0.1, 0.15) is 11.1 Å². The number of hydrogen-bond acceptors (Lipinski definition) is 4. The number of nitrogens with one attached hydrogen (secondary N) is 1. The monoisotopic (exact) mass is 297 g/mol. The maximum absolute atomic E-state index is 13.8. The van der Waals surface area contributed by atoms with Crippen molar-refractivity contribution >= 4 is 11.6 Å². The van der Waals surface area contributed by atoms with Crippen LogP contribution < -0.4 is 5.32 Å². The number of aromatic nitrogens is 4. The van der Waals surface area contributed by atoms with E-state index < -0.39 is 0 Å². The molecule has 0 amide bonds. The Bertz CT molecular complexity index is 825. The Morgan fingerprint density at radius 3 is 2.64 bits per heavy atom. The van der Waals surface area contributed by atoms with Crippen LogP contribution in [0.5, 0.6) is 0 Å². The van der Waals surface area contributed by atoms with Crippen LogP contribution in [-0.4, -0.2) is 19.7 Å². The molecule has 0 atom stereocenters. The summed E-state index contributed by atoms with van der Waals surface area (Å²) in [5, 5.41) is 7.17. The van der Waals surface area contributed by atoms with Gasteiger partial charge in [-0.05, 0) is 31.0 Å². The second-order valence-electron chi connectivity index (χ2n) is 5.22. The fourth-order valence-corrected chi connectivity index (χ4v) is 2.15. The Hall–Kier alpha value is -2.76. The molecule has 0 aliphatic rings. The largest absolute Gasteiger partial charge is 0.321 e. The van der Waals surface area contributed by atoms with Gasteiger partial charge in [-0.3, -0.25) is 4.68 Å². The summed E-state index contributed by atoms with van der Waals surface area (Å²) in [6.07, 6.45) is 5.24. The summed E-state index contributed by atoms with van der Waals surface area (Å²) in [5.41, 5.74) is 3.74. The van der Waals surface area contributed by atoms with Crippen LogP contribution in [0.4, 0.5) is 16.0 Å². The topological polar surface area (TPSA) is 55.6 Å². The Balaban J connectivity index is 1.97. The Morgan fingerprint density at radius 1 is 1.14 bits per heavy atom. The second-order valence-corrected chi connectivity index (χ2v) is 5.22. The number of anilines is 2. The molecule has 0 bridgehead atoms. The lowest BCUT2D eigenvalue weighted by atomic mass is 10.1. The lowest BCUT2D eigenvalue weighted by molar-refractivity contribution is 0.619. The highest BCUT2D eigenvalue weighted by atomic mass is 19.1. The third-order valence-electron chi connectivity index (χ3n) is 3.38. The highest BCUT2D eigenvalue weighted by Crippen LogP contribution is 2.24. The lowest BCUT2D eigenvalue weighted by Gasteiger charge is -2.09. The number of aryl methyl sites for hydroxylation is 3. The smallest absolute Gasteiger partial charge is 0.227 e. The molecule has 0 fully saturated rings. The van der Waals surface area contributed by atoms with E-state index >= 15 is 0 Å².